The first-order valence-corrected chi connectivity index (χ1v) is 9.58. The van der Waals surface area contributed by atoms with Crippen LogP contribution in [0.5, 0.6) is 0 Å². The molecular weight excluding hydrogens is 407 g/mol. The highest BCUT2D eigenvalue weighted by molar-refractivity contribution is 7.98. The van der Waals surface area contributed by atoms with E-state index in [1.807, 2.05) is 30.3 Å². The van der Waals surface area contributed by atoms with Crippen LogP contribution in [0.2, 0.25) is 10.0 Å². The van der Waals surface area contributed by atoms with Crippen LogP contribution in [-0.2, 0) is 5.75 Å². The van der Waals surface area contributed by atoms with Crippen LogP contribution in [0.15, 0.2) is 53.7 Å². The summed E-state index contributed by atoms with van der Waals surface area (Å²) in [4.78, 5) is 19.5. The summed E-state index contributed by atoms with van der Waals surface area (Å²) >= 11 is 13.9. The van der Waals surface area contributed by atoms with E-state index in [0.717, 1.165) is 27.2 Å². The van der Waals surface area contributed by atoms with Crippen molar-refractivity contribution in [2.75, 3.05) is 0 Å². The number of aromatic amines is 1. The molecule has 0 fully saturated rings. The maximum atomic E-state index is 11.0. The van der Waals surface area contributed by atoms with Gasteiger partial charge in [0.15, 0.2) is 0 Å². The van der Waals surface area contributed by atoms with E-state index < -0.39 is 5.97 Å². The van der Waals surface area contributed by atoms with Gasteiger partial charge in [-0.15, -0.1) is 11.8 Å². The van der Waals surface area contributed by atoms with Crippen molar-refractivity contribution in [3.8, 4) is 5.95 Å². The molecule has 2 aromatic carbocycles. The highest BCUT2D eigenvalue weighted by Gasteiger charge is 2.12. The molecule has 2 aromatic heterocycles. The van der Waals surface area contributed by atoms with Gasteiger partial charge in [0.05, 0.1) is 27.8 Å². The summed E-state index contributed by atoms with van der Waals surface area (Å²) in [5.74, 6) is 0.135. The van der Waals surface area contributed by atoms with E-state index in [-0.39, 0.29) is 5.56 Å². The molecule has 0 amide bonds. The third kappa shape index (κ3) is 3.80. The molecule has 0 aliphatic carbocycles. The smallest absolute Gasteiger partial charge is 0.338 e. The van der Waals surface area contributed by atoms with Gasteiger partial charge in [0.25, 0.3) is 0 Å². The van der Waals surface area contributed by atoms with Gasteiger partial charge >= 0.3 is 5.97 Å². The lowest BCUT2D eigenvalue weighted by atomic mass is 10.2. The van der Waals surface area contributed by atoms with E-state index in [1.165, 1.54) is 17.1 Å². The van der Waals surface area contributed by atoms with Crippen molar-refractivity contribution < 1.29 is 9.90 Å². The first-order valence-electron chi connectivity index (χ1n) is 7.84. The standard InChI is InChI=1S/C18H12Cl2N4O2S/c19-12-3-1-10(2-4-12)9-27-16-6-15-14(5-13(16)20)22-18(23-15)24-8-11(7-21-24)17(25)26/h1-8H,9H2,(H,22,23)(H,25,26). The predicted octanol–water partition coefficient (Wildman–Crippen LogP) is 5.05. The fourth-order valence-electron chi connectivity index (χ4n) is 2.51. The zero-order valence-corrected chi connectivity index (χ0v) is 16.0. The van der Waals surface area contributed by atoms with E-state index >= 15 is 0 Å². The number of rotatable bonds is 5. The maximum absolute atomic E-state index is 11.0. The lowest BCUT2D eigenvalue weighted by Crippen LogP contribution is -1.97. The van der Waals surface area contributed by atoms with Crippen molar-refractivity contribution in [1.29, 1.82) is 0 Å². The second kappa shape index (κ2) is 7.26. The molecule has 2 N–H and O–H groups in total. The molecule has 4 rings (SSSR count). The first kappa shape index (κ1) is 17.9. The molecular formula is C18H12Cl2N4O2S. The van der Waals surface area contributed by atoms with Gasteiger partial charge in [-0.3, -0.25) is 0 Å². The van der Waals surface area contributed by atoms with E-state index in [0.29, 0.717) is 16.0 Å². The van der Waals surface area contributed by atoms with Crippen LogP contribution in [0.3, 0.4) is 0 Å². The SMILES string of the molecule is O=C(O)c1cnn(-c2nc3cc(SCc4ccc(Cl)cc4)c(Cl)cc3[nH]2)c1. The normalized spacial score (nSPS) is 11.2. The number of hydrogen-bond acceptors (Lipinski definition) is 4. The lowest BCUT2D eigenvalue weighted by Gasteiger charge is -2.05. The Morgan fingerprint density at radius 2 is 2.00 bits per heavy atom. The van der Waals surface area contributed by atoms with Crippen LogP contribution in [0.25, 0.3) is 17.0 Å². The number of imidazole rings is 1. The van der Waals surface area contributed by atoms with Gasteiger partial charge in [-0.1, -0.05) is 35.3 Å². The van der Waals surface area contributed by atoms with E-state index in [2.05, 4.69) is 15.1 Å². The summed E-state index contributed by atoms with van der Waals surface area (Å²) in [6, 6.07) is 11.4. The lowest BCUT2D eigenvalue weighted by molar-refractivity contribution is 0.0697. The number of carboxylic acids is 1. The molecule has 27 heavy (non-hydrogen) atoms. The quantitative estimate of drug-likeness (QED) is 0.443. The molecule has 0 saturated heterocycles. The van der Waals surface area contributed by atoms with Gasteiger partial charge in [0.1, 0.15) is 0 Å². The summed E-state index contributed by atoms with van der Waals surface area (Å²) in [7, 11) is 0. The van der Waals surface area contributed by atoms with Gasteiger partial charge < -0.3 is 10.1 Å². The van der Waals surface area contributed by atoms with Crippen LogP contribution >= 0.6 is 35.0 Å². The molecule has 4 aromatic rings. The highest BCUT2D eigenvalue weighted by atomic mass is 35.5. The van der Waals surface area contributed by atoms with Crippen molar-refractivity contribution in [2.24, 2.45) is 0 Å². The fourth-order valence-corrected chi connectivity index (χ4v) is 3.87. The number of H-pyrrole nitrogens is 1. The zero-order chi connectivity index (χ0) is 19.0. The Bertz CT molecular complexity index is 1140. The Kier molecular flexibility index (Phi) is 4.82. The highest BCUT2D eigenvalue weighted by Crippen LogP contribution is 2.33. The minimum atomic E-state index is -1.04. The van der Waals surface area contributed by atoms with Crippen LogP contribution < -0.4 is 0 Å². The van der Waals surface area contributed by atoms with Crippen LogP contribution in [0.4, 0.5) is 0 Å². The fraction of sp³-hybridized carbons (Fsp3) is 0.0556. The van der Waals surface area contributed by atoms with Crippen molar-refractivity contribution in [2.45, 2.75) is 10.6 Å². The molecule has 0 spiro atoms. The number of hydrogen-bond donors (Lipinski definition) is 2. The topological polar surface area (TPSA) is 83.8 Å². The molecule has 0 aliphatic rings. The van der Waals surface area contributed by atoms with Crippen molar-refractivity contribution in [1.82, 2.24) is 19.7 Å². The summed E-state index contributed by atoms with van der Waals surface area (Å²) < 4.78 is 1.39. The Hall–Kier alpha value is -2.48. The number of carbonyl (C=O) groups is 1. The average Bonchev–Trinajstić information content (AvgIpc) is 3.27. The van der Waals surface area contributed by atoms with E-state index in [1.54, 1.807) is 17.8 Å². The van der Waals surface area contributed by atoms with Gasteiger partial charge in [-0.2, -0.15) is 5.10 Å². The molecule has 9 heteroatoms. The summed E-state index contributed by atoms with van der Waals surface area (Å²) in [6.45, 7) is 0. The van der Waals surface area contributed by atoms with Gasteiger partial charge in [-0.25, -0.2) is 14.5 Å². The monoisotopic (exact) mass is 418 g/mol. The molecule has 136 valence electrons. The molecule has 0 unspecified atom stereocenters. The minimum Gasteiger partial charge on any atom is -0.478 e. The Labute approximate surface area is 168 Å². The number of benzene rings is 2. The van der Waals surface area contributed by atoms with Crippen LogP contribution in [-0.4, -0.2) is 30.8 Å². The Morgan fingerprint density at radius 1 is 1.22 bits per heavy atom. The number of nitrogens with zero attached hydrogens (tertiary/aromatic N) is 3. The number of fused-ring (bicyclic) bond motifs is 1. The second-order valence-electron chi connectivity index (χ2n) is 5.75. The number of carboxylic acid groups (broad SMARTS) is 1. The predicted molar refractivity (Wildman–Crippen MR) is 106 cm³/mol. The first-order chi connectivity index (χ1) is 13.0. The van der Waals surface area contributed by atoms with E-state index in [4.69, 9.17) is 28.3 Å². The molecule has 2 heterocycles. The second-order valence-corrected chi connectivity index (χ2v) is 7.61. The summed E-state index contributed by atoms with van der Waals surface area (Å²) in [5.41, 5.74) is 2.70. The van der Waals surface area contributed by atoms with Crippen molar-refractivity contribution >= 4 is 52.0 Å². The number of thioether (sulfide) groups is 1. The minimum absolute atomic E-state index is 0.0905. The summed E-state index contributed by atoms with van der Waals surface area (Å²) in [6.07, 6.45) is 2.67. The third-order valence-electron chi connectivity index (χ3n) is 3.88. The van der Waals surface area contributed by atoms with Gasteiger partial charge in [0.2, 0.25) is 5.95 Å². The molecule has 0 radical (unpaired) electrons. The van der Waals surface area contributed by atoms with Crippen LogP contribution in [0.1, 0.15) is 15.9 Å². The number of halogens is 2. The Morgan fingerprint density at radius 3 is 2.70 bits per heavy atom. The average molecular weight is 419 g/mol. The molecule has 0 saturated carbocycles. The Balaban J connectivity index is 1.60. The summed E-state index contributed by atoms with van der Waals surface area (Å²) in [5, 5.41) is 14.4. The molecule has 0 aliphatic heterocycles. The molecule has 0 atom stereocenters. The zero-order valence-electron chi connectivity index (χ0n) is 13.7. The van der Waals surface area contributed by atoms with Crippen molar-refractivity contribution in [3.63, 3.8) is 0 Å². The van der Waals surface area contributed by atoms with E-state index in [9.17, 15) is 4.79 Å². The van der Waals surface area contributed by atoms with Crippen LogP contribution in [0, 0.1) is 0 Å². The van der Waals surface area contributed by atoms with Gasteiger partial charge in [-0.05, 0) is 29.8 Å². The van der Waals surface area contributed by atoms with Crippen molar-refractivity contribution in [3.05, 3.63) is 70.0 Å². The largest absolute Gasteiger partial charge is 0.478 e. The number of aromatic carboxylic acids is 1. The number of aromatic nitrogens is 4. The maximum Gasteiger partial charge on any atom is 0.338 e. The number of nitrogens with one attached hydrogen (secondary N) is 1. The third-order valence-corrected chi connectivity index (χ3v) is 5.68. The van der Waals surface area contributed by atoms with Gasteiger partial charge in [0, 0.05) is 21.9 Å². The molecule has 6 nitrogen and oxygen atoms in total. The molecule has 0 bridgehead atoms.